The highest BCUT2D eigenvalue weighted by molar-refractivity contribution is 5.80. The third-order valence-corrected chi connectivity index (χ3v) is 5.22. The Balaban J connectivity index is 2.30. The Morgan fingerprint density at radius 1 is 1.27 bits per heavy atom. The number of rotatable bonds is 5. The molecule has 180 valence electrons. The van der Waals surface area contributed by atoms with Crippen LogP contribution < -0.4 is 26.5 Å². The maximum atomic E-state index is 13.2. The van der Waals surface area contributed by atoms with Crippen molar-refractivity contribution in [2.75, 3.05) is 42.7 Å². The van der Waals surface area contributed by atoms with Crippen molar-refractivity contribution in [3.8, 4) is 11.8 Å². The van der Waals surface area contributed by atoms with Gasteiger partial charge in [-0.2, -0.15) is 13.2 Å². The molecule has 0 bridgehead atoms. The fourth-order valence-corrected chi connectivity index (χ4v) is 3.79. The Morgan fingerprint density at radius 2 is 1.91 bits per heavy atom. The fourth-order valence-electron chi connectivity index (χ4n) is 3.79. The minimum atomic E-state index is -5.29. The van der Waals surface area contributed by atoms with Crippen LogP contribution in [0.5, 0.6) is 0 Å². The largest absolute Gasteiger partial charge is 0.493 e. The molecule has 10 nitrogen and oxygen atoms in total. The molecule has 2 aliphatic heterocycles. The van der Waals surface area contributed by atoms with Gasteiger partial charge in [-0.05, 0) is 13.8 Å². The maximum Gasteiger partial charge on any atom is 0.493 e. The summed E-state index contributed by atoms with van der Waals surface area (Å²) < 4.78 is 41.5. The summed E-state index contributed by atoms with van der Waals surface area (Å²) in [6.45, 7) is 8.65. The van der Waals surface area contributed by atoms with Gasteiger partial charge in [0.15, 0.2) is 17.8 Å². The Labute approximate surface area is 187 Å². The molecule has 1 atom stereocenters. The van der Waals surface area contributed by atoms with E-state index < -0.39 is 29.7 Å². The number of allylic oxidation sites excluding steroid dienone is 1. The standard InChI is InChI=1S/C20H25F3N6O4/c1-5-6-9-27-14-15(28(12-13(2)3)19(32)25(4)16(14)30)29(33-17(31)20(21,22)23)18(27)26-10-7-24-8-11-26/h18,24H,2,7-12H2,1,3-4H3. The highest BCUT2D eigenvalue weighted by Gasteiger charge is 2.50. The lowest BCUT2D eigenvalue weighted by atomic mass is 10.3. The van der Waals surface area contributed by atoms with Gasteiger partial charge in [0.2, 0.25) is 0 Å². The van der Waals surface area contributed by atoms with Crippen LogP contribution in [0.2, 0.25) is 0 Å². The van der Waals surface area contributed by atoms with Crippen molar-refractivity contribution >= 4 is 17.5 Å². The van der Waals surface area contributed by atoms with E-state index >= 15 is 0 Å². The minimum Gasteiger partial charge on any atom is -0.327 e. The molecule has 0 amide bonds. The van der Waals surface area contributed by atoms with Gasteiger partial charge >= 0.3 is 17.8 Å². The summed E-state index contributed by atoms with van der Waals surface area (Å²) in [4.78, 5) is 46.0. The Kier molecular flexibility index (Phi) is 6.89. The highest BCUT2D eigenvalue weighted by atomic mass is 19.4. The molecule has 1 aromatic heterocycles. The monoisotopic (exact) mass is 470 g/mol. The van der Waals surface area contributed by atoms with E-state index in [2.05, 4.69) is 23.7 Å². The first-order chi connectivity index (χ1) is 15.5. The van der Waals surface area contributed by atoms with Gasteiger partial charge < -0.3 is 15.1 Å². The number of hydrogen-bond donors (Lipinski definition) is 1. The van der Waals surface area contributed by atoms with E-state index in [4.69, 9.17) is 4.84 Å². The van der Waals surface area contributed by atoms with Crippen molar-refractivity contribution in [1.29, 1.82) is 0 Å². The first-order valence-corrected chi connectivity index (χ1v) is 10.2. The summed E-state index contributed by atoms with van der Waals surface area (Å²) in [5.41, 5.74) is -1.10. The number of fused-ring (bicyclic) bond motifs is 1. The van der Waals surface area contributed by atoms with E-state index in [-0.39, 0.29) is 24.6 Å². The summed E-state index contributed by atoms with van der Waals surface area (Å²) in [5.74, 6) is 2.81. The smallest absolute Gasteiger partial charge is 0.327 e. The van der Waals surface area contributed by atoms with Crippen LogP contribution in [-0.2, 0) is 23.2 Å². The molecule has 3 heterocycles. The third-order valence-electron chi connectivity index (χ3n) is 5.22. The van der Waals surface area contributed by atoms with Gasteiger partial charge in [-0.15, -0.1) is 11.0 Å². The first kappa shape index (κ1) is 24.4. The second-order valence-corrected chi connectivity index (χ2v) is 7.75. The SMILES string of the molecule is C=C(C)Cn1c2c(c(=O)n(C)c1=O)N(CC#CC)C(N1CCNCC1)N2OC(=O)C(F)(F)F. The van der Waals surface area contributed by atoms with Gasteiger partial charge in [0.1, 0.15) is 0 Å². The molecule has 0 aliphatic carbocycles. The van der Waals surface area contributed by atoms with Crippen molar-refractivity contribution < 1.29 is 22.8 Å². The van der Waals surface area contributed by atoms with Gasteiger partial charge in [-0.1, -0.05) is 18.1 Å². The quantitative estimate of drug-likeness (QED) is 0.475. The van der Waals surface area contributed by atoms with E-state index in [1.54, 1.807) is 18.7 Å². The number of carbonyl (C=O) groups is 1. The van der Waals surface area contributed by atoms with Gasteiger partial charge in [-0.25, -0.2) is 9.59 Å². The van der Waals surface area contributed by atoms with Gasteiger partial charge in [0, 0.05) is 39.8 Å². The molecule has 0 radical (unpaired) electrons. The molecule has 0 aromatic carbocycles. The summed E-state index contributed by atoms with van der Waals surface area (Å²) >= 11 is 0. The van der Waals surface area contributed by atoms with E-state index in [0.717, 1.165) is 9.13 Å². The number of piperazine rings is 1. The van der Waals surface area contributed by atoms with Crippen molar-refractivity contribution in [3.05, 3.63) is 33.0 Å². The molecule has 1 fully saturated rings. The molecule has 1 saturated heterocycles. The number of nitrogens with one attached hydrogen (secondary N) is 1. The number of hydroxylamine groups is 1. The van der Waals surface area contributed by atoms with Crippen LogP contribution in [-0.4, -0.2) is 65.2 Å². The molecule has 0 saturated carbocycles. The molecular weight excluding hydrogens is 445 g/mol. The molecule has 13 heteroatoms. The average molecular weight is 470 g/mol. The zero-order valence-electron chi connectivity index (χ0n) is 18.5. The second-order valence-electron chi connectivity index (χ2n) is 7.75. The van der Waals surface area contributed by atoms with Crippen molar-refractivity contribution in [1.82, 2.24) is 19.4 Å². The van der Waals surface area contributed by atoms with Crippen LogP contribution in [0, 0.1) is 11.8 Å². The normalized spacial score (nSPS) is 18.5. The maximum absolute atomic E-state index is 13.2. The fraction of sp³-hybridized carbons (Fsp3) is 0.550. The lowest BCUT2D eigenvalue weighted by molar-refractivity contribution is -0.203. The molecule has 33 heavy (non-hydrogen) atoms. The number of carbonyl (C=O) groups excluding carboxylic acids is 1. The first-order valence-electron chi connectivity index (χ1n) is 10.2. The van der Waals surface area contributed by atoms with Crippen molar-refractivity contribution in [2.45, 2.75) is 32.9 Å². The average Bonchev–Trinajstić information content (AvgIpc) is 3.07. The molecular formula is C20H25F3N6O4. The lowest BCUT2D eigenvalue weighted by Crippen LogP contribution is -2.61. The Morgan fingerprint density at radius 3 is 2.45 bits per heavy atom. The van der Waals surface area contributed by atoms with Crippen molar-refractivity contribution in [2.24, 2.45) is 7.05 Å². The molecule has 0 spiro atoms. The van der Waals surface area contributed by atoms with E-state index in [1.807, 2.05) is 0 Å². The van der Waals surface area contributed by atoms with E-state index in [9.17, 15) is 27.6 Å². The van der Waals surface area contributed by atoms with Crippen LogP contribution in [0.1, 0.15) is 13.8 Å². The number of anilines is 2. The van der Waals surface area contributed by atoms with Gasteiger partial charge in [0.05, 0.1) is 6.54 Å². The number of nitrogens with zero attached hydrogens (tertiary/aromatic N) is 5. The number of halogens is 3. The van der Waals surface area contributed by atoms with E-state index in [1.165, 1.54) is 11.9 Å². The van der Waals surface area contributed by atoms with Gasteiger partial charge in [-0.3, -0.25) is 18.8 Å². The summed E-state index contributed by atoms with van der Waals surface area (Å²) in [6, 6.07) is 0. The number of alkyl halides is 3. The predicted octanol–water partition coefficient (Wildman–Crippen LogP) is -0.0179. The van der Waals surface area contributed by atoms with Crippen LogP contribution >= 0.6 is 0 Å². The van der Waals surface area contributed by atoms with Crippen LogP contribution in [0.3, 0.4) is 0 Å². The molecule has 1 unspecified atom stereocenters. The van der Waals surface area contributed by atoms with E-state index in [0.29, 0.717) is 36.8 Å². The summed E-state index contributed by atoms with van der Waals surface area (Å²) in [6.07, 6.45) is -6.40. The second kappa shape index (κ2) is 9.32. The number of aromatic nitrogens is 2. The predicted molar refractivity (Wildman–Crippen MR) is 114 cm³/mol. The molecule has 1 N–H and O–H groups in total. The molecule has 2 aliphatic rings. The lowest BCUT2D eigenvalue weighted by Gasteiger charge is -2.40. The third kappa shape index (κ3) is 4.62. The van der Waals surface area contributed by atoms with Crippen LogP contribution in [0.25, 0.3) is 0 Å². The Hall–Kier alpha value is -3.24. The van der Waals surface area contributed by atoms with Crippen LogP contribution in [0.15, 0.2) is 21.7 Å². The Bertz CT molecular complexity index is 1120. The summed E-state index contributed by atoms with van der Waals surface area (Å²) in [5, 5.41) is 3.85. The molecule has 3 rings (SSSR count). The topological polar surface area (TPSA) is 92.1 Å². The minimum absolute atomic E-state index is 0.0430. The highest BCUT2D eigenvalue weighted by Crippen LogP contribution is 2.38. The van der Waals surface area contributed by atoms with Crippen LogP contribution in [0.4, 0.5) is 24.7 Å². The zero-order chi connectivity index (χ0) is 24.5. The number of hydrogen-bond acceptors (Lipinski definition) is 8. The summed E-state index contributed by atoms with van der Waals surface area (Å²) in [7, 11) is 1.27. The molecule has 1 aromatic rings. The van der Waals surface area contributed by atoms with Crippen molar-refractivity contribution in [3.63, 3.8) is 0 Å². The zero-order valence-corrected chi connectivity index (χ0v) is 18.5. The van der Waals surface area contributed by atoms with Gasteiger partial charge in [0.25, 0.3) is 5.56 Å².